The number of H-pyrrole nitrogens is 1. The van der Waals surface area contributed by atoms with Gasteiger partial charge in [0.15, 0.2) is 0 Å². The highest BCUT2D eigenvalue weighted by molar-refractivity contribution is 5.95. The number of nitrogens with one attached hydrogen (secondary N) is 2. The number of benzene rings is 1. The summed E-state index contributed by atoms with van der Waals surface area (Å²) < 4.78 is 0. The predicted octanol–water partition coefficient (Wildman–Crippen LogP) is 1.76. The van der Waals surface area contributed by atoms with Crippen LogP contribution < -0.4 is 5.32 Å². The summed E-state index contributed by atoms with van der Waals surface area (Å²) in [5.41, 5.74) is 1.03. The molecule has 1 aliphatic rings. The number of guanidine groups is 1. The molecule has 1 aromatic heterocycles. The highest BCUT2D eigenvalue weighted by Crippen LogP contribution is 2.11. The molecule has 1 aliphatic heterocycles. The summed E-state index contributed by atoms with van der Waals surface area (Å²) in [6.07, 6.45) is 3.49. The Kier molecular flexibility index (Phi) is 4.16. The number of likely N-dealkylation sites (N-methyl/N-ethyl adjacent to an activating group) is 1. The highest BCUT2D eigenvalue weighted by Gasteiger charge is 2.18. The molecular weight excluding hydrogens is 264 g/mol. The number of aromatic nitrogens is 2. The molecule has 1 saturated heterocycles. The number of hydrogen-bond donors (Lipinski definition) is 2. The Morgan fingerprint density at radius 3 is 2.62 bits per heavy atom. The van der Waals surface area contributed by atoms with Crippen molar-refractivity contribution in [2.75, 3.05) is 38.5 Å². The van der Waals surface area contributed by atoms with E-state index in [-0.39, 0.29) is 0 Å². The first-order valence-corrected chi connectivity index (χ1v) is 7.15. The SMILES string of the molecule is CN1CCN(C(=Nc2ncc[nH]2)Nc2ccccc2)CC1. The van der Waals surface area contributed by atoms with Crippen LogP contribution in [0.25, 0.3) is 0 Å². The summed E-state index contributed by atoms with van der Waals surface area (Å²) in [4.78, 5) is 16.4. The Balaban J connectivity index is 1.81. The van der Waals surface area contributed by atoms with Crippen LogP contribution in [0.5, 0.6) is 0 Å². The van der Waals surface area contributed by atoms with E-state index in [2.05, 4.69) is 37.1 Å². The van der Waals surface area contributed by atoms with Gasteiger partial charge in [-0.05, 0) is 19.2 Å². The zero-order chi connectivity index (χ0) is 14.5. The van der Waals surface area contributed by atoms with E-state index in [4.69, 9.17) is 0 Å². The van der Waals surface area contributed by atoms with Crippen LogP contribution in [0.1, 0.15) is 0 Å². The first kappa shape index (κ1) is 13.6. The average molecular weight is 284 g/mol. The van der Waals surface area contributed by atoms with Gasteiger partial charge >= 0.3 is 0 Å². The van der Waals surface area contributed by atoms with Gasteiger partial charge in [-0.25, -0.2) is 4.98 Å². The molecule has 6 heteroatoms. The van der Waals surface area contributed by atoms with Crippen LogP contribution in [0.2, 0.25) is 0 Å². The van der Waals surface area contributed by atoms with Crippen LogP contribution in [0.3, 0.4) is 0 Å². The van der Waals surface area contributed by atoms with E-state index in [1.165, 1.54) is 0 Å². The lowest BCUT2D eigenvalue weighted by molar-refractivity contribution is 0.215. The van der Waals surface area contributed by atoms with E-state index >= 15 is 0 Å². The molecule has 6 nitrogen and oxygen atoms in total. The van der Waals surface area contributed by atoms with Gasteiger partial charge in [0.25, 0.3) is 0 Å². The lowest BCUT2D eigenvalue weighted by Crippen LogP contribution is -2.49. The van der Waals surface area contributed by atoms with Crippen LogP contribution >= 0.6 is 0 Å². The largest absolute Gasteiger partial charge is 0.340 e. The minimum atomic E-state index is 0.618. The van der Waals surface area contributed by atoms with Crippen molar-refractivity contribution in [2.45, 2.75) is 0 Å². The molecule has 0 aliphatic carbocycles. The lowest BCUT2D eigenvalue weighted by Gasteiger charge is -2.34. The van der Waals surface area contributed by atoms with E-state index < -0.39 is 0 Å². The normalized spacial score (nSPS) is 17.0. The molecular formula is C15H20N6. The summed E-state index contributed by atoms with van der Waals surface area (Å²) in [5, 5.41) is 3.40. The van der Waals surface area contributed by atoms with Crippen molar-refractivity contribution >= 4 is 17.6 Å². The second-order valence-electron chi connectivity index (χ2n) is 5.13. The molecule has 110 valence electrons. The van der Waals surface area contributed by atoms with Crippen molar-refractivity contribution in [1.82, 2.24) is 19.8 Å². The Hall–Kier alpha value is -2.34. The molecule has 0 saturated carbocycles. The predicted molar refractivity (Wildman–Crippen MR) is 84.8 cm³/mol. The third kappa shape index (κ3) is 3.61. The Morgan fingerprint density at radius 2 is 1.95 bits per heavy atom. The zero-order valence-corrected chi connectivity index (χ0v) is 12.2. The summed E-state index contributed by atoms with van der Waals surface area (Å²) in [5.74, 6) is 1.46. The number of aliphatic imine (C=N–C) groups is 1. The Labute approximate surface area is 124 Å². The molecule has 0 amide bonds. The first-order valence-electron chi connectivity index (χ1n) is 7.15. The summed E-state index contributed by atoms with van der Waals surface area (Å²) >= 11 is 0. The Morgan fingerprint density at radius 1 is 1.19 bits per heavy atom. The molecule has 2 heterocycles. The van der Waals surface area contributed by atoms with Crippen molar-refractivity contribution in [2.24, 2.45) is 4.99 Å². The minimum Gasteiger partial charge on any atom is -0.340 e. The van der Waals surface area contributed by atoms with E-state index in [9.17, 15) is 0 Å². The maximum Gasteiger partial charge on any atom is 0.230 e. The maximum atomic E-state index is 4.61. The fraction of sp³-hybridized carbons (Fsp3) is 0.333. The first-order chi connectivity index (χ1) is 10.3. The lowest BCUT2D eigenvalue weighted by atomic mass is 10.3. The monoisotopic (exact) mass is 284 g/mol. The molecule has 0 spiro atoms. The average Bonchev–Trinajstić information content (AvgIpc) is 3.01. The summed E-state index contributed by atoms with van der Waals surface area (Å²) in [6, 6.07) is 10.1. The fourth-order valence-corrected chi connectivity index (χ4v) is 2.26. The quantitative estimate of drug-likeness (QED) is 0.651. The maximum absolute atomic E-state index is 4.61. The van der Waals surface area contributed by atoms with Gasteiger partial charge < -0.3 is 20.1 Å². The van der Waals surface area contributed by atoms with Crippen molar-refractivity contribution in [3.8, 4) is 0 Å². The van der Waals surface area contributed by atoms with Gasteiger partial charge in [0.2, 0.25) is 11.9 Å². The molecule has 21 heavy (non-hydrogen) atoms. The third-order valence-electron chi connectivity index (χ3n) is 3.53. The van der Waals surface area contributed by atoms with Gasteiger partial charge in [-0.3, -0.25) is 0 Å². The van der Waals surface area contributed by atoms with Gasteiger partial charge in [-0.2, -0.15) is 4.99 Å². The Bertz CT molecular complexity index is 569. The summed E-state index contributed by atoms with van der Waals surface area (Å²) in [6.45, 7) is 3.98. The third-order valence-corrected chi connectivity index (χ3v) is 3.53. The molecule has 0 radical (unpaired) electrons. The van der Waals surface area contributed by atoms with E-state index in [1.54, 1.807) is 12.4 Å². The number of imidazole rings is 1. The van der Waals surface area contributed by atoms with Gasteiger partial charge in [-0.15, -0.1) is 0 Å². The van der Waals surface area contributed by atoms with Crippen molar-refractivity contribution in [1.29, 1.82) is 0 Å². The molecule has 0 atom stereocenters. The van der Waals surface area contributed by atoms with Crippen molar-refractivity contribution in [3.05, 3.63) is 42.7 Å². The summed E-state index contributed by atoms with van der Waals surface area (Å²) in [7, 11) is 2.14. The number of hydrogen-bond acceptors (Lipinski definition) is 3. The molecule has 1 fully saturated rings. The fourth-order valence-electron chi connectivity index (χ4n) is 2.26. The molecule has 0 bridgehead atoms. The van der Waals surface area contributed by atoms with E-state index in [0.717, 1.165) is 37.8 Å². The minimum absolute atomic E-state index is 0.618. The van der Waals surface area contributed by atoms with Gasteiger partial charge in [0.1, 0.15) is 0 Å². The van der Waals surface area contributed by atoms with Crippen LogP contribution in [0, 0.1) is 0 Å². The van der Waals surface area contributed by atoms with Crippen LogP contribution in [0.4, 0.5) is 11.6 Å². The number of aromatic amines is 1. The van der Waals surface area contributed by atoms with Crippen LogP contribution in [0.15, 0.2) is 47.7 Å². The van der Waals surface area contributed by atoms with Crippen molar-refractivity contribution < 1.29 is 0 Å². The smallest absolute Gasteiger partial charge is 0.230 e. The molecule has 2 N–H and O–H groups in total. The molecule has 0 unspecified atom stereocenters. The highest BCUT2D eigenvalue weighted by atomic mass is 15.4. The number of anilines is 1. The number of piperazine rings is 1. The molecule has 2 aromatic rings. The van der Waals surface area contributed by atoms with Gasteiger partial charge in [0.05, 0.1) is 0 Å². The number of nitrogens with zero attached hydrogens (tertiary/aromatic N) is 4. The van der Waals surface area contributed by atoms with Crippen LogP contribution in [-0.4, -0.2) is 59.0 Å². The topological polar surface area (TPSA) is 59.5 Å². The second kappa shape index (κ2) is 6.41. The van der Waals surface area contributed by atoms with Gasteiger partial charge in [-0.1, -0.05) is 18.2 Å². The van der Waals surface area contributed by atoms with Gasteiger partial charge in [0, 0.05) is 44.3 Å². The number of para-hydroxylation sites is 1. The molecule has 1 aromatic carbocycles. The number of rotatable bonds is 2. The van der Waals surface area contributed by atoms with Crippen molar-refractivity contribution in [3.63, 3.8) is 0 Å². The second-order valence-corrected chi connectivity index (χ2v) is 5.13. The van der Waals surface area contributed by atoms with Crippen LogP contribution in [-0.2, 0) is 0 Å². The molecule has 3 rings (SSSR count). The standard InChI is InChI=1S/C15H20N6/c1-20-9-11-21(12-10-20)15(19-14-16-7-8-17-14)18-13-5-3-2-4-6-13/h2-8H,9-12H2,1H3,(H2,16,17,18,19). The van der Waals surface area contributed by atoms with E-state index in [0.29, 0.717) is 5.95 Å². The zero-order valence-electron chi connectivity index (χ0n) is 12.2. The van der Waals surface area contributed by atoms with E-state index in [1.807, 2.05) is 30.3 Å².